The number of carbonyl (C=O) groups is 1. The molecule has 0 atom stereocenters. The number of nitrogens with one attached hydrogen (secondary N) is 1. The number of H-pyrrole nitrogens is 1. The maximum absolute atomic E-state index is 11.6. The van der Waals surface area contributed by atoms with Crippen LogP contribution in [0.1, 0.15) is 22.3 Å². The molecule has 2 N–H and O–H groups in total. The Hall–Kier alpha value is -3.53. The number of rotatable bonds is 6. The zero-order chi connectivity index (χ0) is 20.4. The number of carboxylic acid groups (broad SMARTS) is 1. The van der Waals surface area contributed by atoms with Crippen LogP contribution in [0.5, 0.6) is 5.75 Å². The van der Waals surface area contributed by atoms with E-state index in [1.807, 2.05) is 74.5 Å². The molecule has 29 heavy (non-hydrogen) atoms. The van der Waals surface area contributed by atoms with E-state index in [1.165, 1.54) is 0 Å². The Balaban J connectivity index is 1.75. The molecule has 146 valence electrons. The molecule has 3 aromatic carbocycles. The molecular weight excluding hydrogens is 362 g/mol. The number of aliphatic carboxylic acids is 1. The first-order valence-electron chi connectivity index (χ1n) is 9.62. The molecule has 0 radical (unpaired) electrons. The second-order valence-corrected chi connectivity index (χ2v) is 7.30. The van der Waals surface area contributed by atoms with E-state index in [4.69, 9.17) is 4.74 Å². The van der Waals surface area contributed by atoms with Crippen molar-refractivity contribution in [2.45, 2.75) is 26.9 Å². The van der Waals surface area contributed by atoms with Crippen LogP contribution in [0.4, 0.5) is 0 Å². The summed E-state index contributed by atoms with van der Waals surface area (Å²) in [6.45, 7) is 4.54. The van der Waals surface area contributed by atoms with Crippen LogP contribution in [0, 0.1) is 13.8 Å². The molecule has 0 aliphatic carbocycles. The zero-order valence-corrected chi connectivity index (χ0v) is 16.5. The summed E-state index contributed by atoms with van der Waals surface area (Å²) in [4.78, 5) is 15.1. The Morgan fingerprint density at radius 3 is 2.48 bits per heavy atom. The third-order valence-corrected chi connectivity index (χ3v) is 5.17. The van der Waals surface area contributed by atoms with Crippen LogP contribution in [0.2, 0.25) is 0 Å². The van der Waals surface area contributed by atoms with Gasteiger partial charge in [0.15, 0.2) is 0 Å². The fourth-order valence-electron chi connectivity index (χ4n) is 3.74. The third kappa shape index (κ3) is 3.87. The Morgan fingerprint density at radius 2 is 1.72 bits per heavy atom. The van der Waals surface area contributed by atoms with E-state index >= 15 is 0 Å². The van der Waals surface area contributed by atoms with Gasteiger partial charge in [0.2, 0.25) is 0 Å². The number of benzene rings is 3. The van der Waals surface area contributed by atoms with Gasteiger partial charge >= 0.3 is 5.97 Å². The second kappa shape index (κ2) is 7.84. The minimum absolute atomic E-state index is 0.0330. The van der Waals surface area contributed by atoms with Gasteiger partial charge in [-0.15, -0.1) is 0 Å². The van der Waals surface area contributed by atoms with Gasteiger partial charge in [0.05, 0.1) is 12.1 Å². The molecule has 0 aliphatic heterocycles. The Labute approximate surface area is 169 Å². The van der Waals surface area contributed by atoms with Gasteiger partial charge in [-0.1, -0.05) is 54.6 Å². The maximum Gasteiger partial charge on any atom is 0.307 e. The highest BCUT2D eigenvalue weighted by Gasteiger charge is 2.18. The van der Waals surface area contributed by atoms with Gasteiger partial charge in [-0.05, 0) is 48.2 Å². The number of carboxylic acids is 1. The standard InChI is InChI=1S/C25H23NO3/c1-16-11-12-17(2)24-23(16)21(14-22(27)28)25(26-24)19-9-6-10-20(13-19)29-15-18-7-4-3-5-8-18/h3-13,26H,14-15H2,1-2H3,(H,27,28). The van der Waals surface area contributed by atoms with Crippen LogP contribution in [0.3, 0.4) is 0 Å². The fourth-order valence-corrected chi connectivity index (χ4v) is 3.74. The Morgan fingerprint density at radius 1 is 0.966 bits per heavy atom. The summed E-state index contributed by atoms with van der Waals surface area (Å²) >= 11 is 0. The number of fused-ring (bicyclic) bond motifs is 1. The summed E-state index contributed by atoms with van der Waals surface area (Å²) in [6.07, 6.45) is -0.0330. The monoisotopic (exact) mass is 385 g/mol. The van der Waals surface area contributed by atoms with Crippen LogP contribution in [-0.4, -0.2) is 16.1 Å². The molecule has 4 rings (SSSR count). The molecular formula is C25H23NO3. The average molecular weight is 385 g/mol. The molecule has 1 aromatic heterocycles. The van der Waals surface area contributed by atoms with Crippen molar-refractivity contribution < 1.29 is 14.6 Å². The molecule has 0 fully saturated rings. The van der Waals surface area contributed by atoms with Crippen molar-refractivity contribution in [3.63, 3.8) is 0 Å². The first kappa shape index (κ1) is 18.8. The van der Waals surface area contributed by atoms with E-state index in [0.717, 1.165) is 50.2 Å². The summed E-state index contributed by atoms with van der Waals surface area (Å²) in [5, 5.41) is 10.5. The lowest BCUT2D eigenvalue weighted by Gasteiger charge is -2.09. The van der Waals surface area contributed by atoms with E-state index in [0.29, 0.717) is 6.61 Å². The Bertz CT molecular complexity index is 1180. The van der Waals surface area contributed by atoms with Crippen molar-refractivity contribution in [1.29, 1.82) is 0 Å². The van der Waals surface area contributed by atoms with Crippen molar-refractivity contribution in [2.75, 3.05) is 0 Å². The van der Waals surface area contributed by atoms with E-state index in [9.17, 15) is 9.90 Å². The summed E-state index contributed by atoms with van der Waals surface area (Å²) in [5.41, 5.74) is 6.83. The third-order valence-electron chi connectivity index (χ3n) is 5.17. The molecule has 1 heterocycles. The predicted octanol–water partition coefficient (Wildman–Crippen LogP) is 5.66. The quantitative estimate of drug-likeness (QED) is 0.450. The van der Waals surface area contributed by atoms with Gasteiger partial charge in [-0.3, -0.25) is 4.79 Å². The van der Waals surface area contributed by atoms with Crippen LogP contribution < -0.4 is 4.74 Å². The van der Waals surface area contributed by atoms with E-state index < -0.39 is 5.97 Å². The van der Waals surface area contributed by atoms with Gasteiger partial charge in [0, 0.05) is 16.5 Å². The van der Waals surface area contributed by atoms with Crippen molar-refractivity contribution in [3.05, 3.63) is 89.0 Å². The van der Waals surface area contributed by atoms with E-state index in [2.05, 4.69) is 11.1 Å². The molecule has 0 spiro atoms. The van der Waals surface area contributed by atoms with Crippen LogP contribution >= 0.6 is 0 Å². The van der Waals surface area contributed by atoms with Crippen LogP contribution in [-0.2, 0) is 17.8 Å². The van der Waals surface area contributed by atoms with E-state index in [-0.39, 0.29) is 6.42 Å². The molecule has 0 bridgehead atoms. The largest absolute Gasteiger partial charge is 0.489 e. The number of aromatic nitrogens is 1. The number of ether oxygens (including phenoxy) is 1. The molecule has 0 unspecified atom stereocenters. The maximum atomic E-state index is 11.6. The first-order valence-corrected chi connectivity index (χ1v) is 9.62. The molecule has 4 nitrogen and oxygen atoms in total. The molecule has 0 saturated carbocycles. The average Bonchev–Trinajstić information content (AvgIpc) is 3.10. The van der Waals surface area contributed by atoms with Gasteiger partial charge in [-0.25, -0.2) is 0 Å². The van der Waals surface area contributed by atoms with Crippen molar-refractivity contribution in [1.82, 2.24) is 4.98 Å². The lowest BCUT2D eigenvalue weighted by atomic mass is 9.98. The fraction of sp³-hybridized carbons (Fsp3) is 0.160. The number of aryl methyl sites for hydroxylation is 2. The van der Waals surface area contributed by atoms with Crippen molar-refractivity contribution >= 4 is 16.9 Å². The van der Waals surface area contributed by atoms with Crippen molar-refractivity contribution in [2.24, 2.45) is 0 Å². The summed E-state index contributed by atoms with van der Waals surface area (Å²) in [6, 6.07) is 21.9. The smallest absolute Gasteiger partial charge is 0.307 e. The van der Waals surface area contributed by atoms with Gasteiger partial charge in [-0.2, -0.15) is 0 Å². The highest BCUT2D eigenvalue weighted by atomic mass is 16.5. The molecule has 0 amide bonds. The lowest BCUT2D eigenvalue weighted by Crippen LogP contribution is -2.01. The Kier molecular flexibility index (Phi) is 5.09. The van der Waals surface area contributed by atoms with Crippen LogP contribution in [0.15, 0.2) is 66.7 Å². The first-order chi connectivity index (χ1) is 14.0. The minimum atomic E-state index is -0.843. The lowest BCUT2D eigenvalue weighted by molar-refractivity contribution is -0.136. The highest BCUT2D eigenvalue weighted by molar-refractivity contribution is 5.97. The number of hydrogen-bond donors (Lipinski definition) is 2. The SMILES string of the molecule is Cc1ccc(C)c2c(CC(=O)O)c(-c3cccc(OCc4ccccc4)c3)[nH]c12. The highest BCUT2D eigenvalue weighted by Crippen LogP contribution is 2.35. The summed E-state index contributed by atoms with van der Waals surface area (Å²) in [5.74, 6) is -0.0933. The molecule has 0 aliphatic rings. The summed E-state index contributed by atoms with van der Waals surface area (Å²) in [7, 11) is 0. The molecule has 4 heteroatoms. The number of hydrogen-bond acceptors (Lipinski definition) is 2. The molecule has 4 aromatic rings. The van der Waals surface area contributed by atoms with Gasteiger partial charge in [0.1, 0.15) is 12.4 Å². The summed E-state index contributed by atoms with van der Waals surface area (Å²) < 4.78 is 5.97. The van der Waals surface area contributed by atoms with Gasteiger partial charge in [0.25, 0.3) is 0 Å². The van der Waals surface area contributed by atoms with Crippen LogP contribution in [0.25, 0.3) is 22.2 Å². The number of aromatic amines is 1. The normalized spacial score (nSPS) is 11.0. The second-order valence-electron chi connectivity index (χ2n) is 7.30. The topological polar surface area (TPSA) is 62.3 Å². The minimum Gasteiger partial charge on any atom is -0.489 e. The predicted molar refractivity (Wildman–Crippen MR) is 115 cm³/mol. The van der Waals surface area contributed by atoms with Gasteiger partial charge < -0.3 is 14.8 Å². The molecule has 0 saturated heterocycles. The zero-order valence-electron chi connectivity index (χ0n) is 16.5. The van der Waals surface area contributed by atoms with Crippen molar-refractivity contribution in [3.8, 4) is 17.0 Å². The van der Waals surface area contributed by atoms with E-state index in [1.54, 1.807) is 0 Å².